The quantitative estimate of drug-likeness (QED) is 0.728. The molecule has 1 saturated heterocycles. The maximum atomic E-state index is 12.5. The summed E-state index contributed by atoms with van der Waals surface area (Å²) in [5.41, 5.74) is 2.77. The number of fused-ring (bicyclic) bond motifs is 2. The zero-order valence-electron chi connectivity index (χ0n) is 16.1. The van der Waals surface area contributed by atoms with Gasteiger partial charge in [0.1, 0.15) is 0 Å². The smallest absolute Gasteiger partial charge is 0.166 e. The first-order valence-electron chi connectivity index (χ1n) is 10.6. The summed E-state index contributed by atoms with van der Waals surface area (Å²) in [5, 5.41) is 23.1. The molecule has 1 aromatic heterocycles. The SMILES string of the molecule is Oc1ccc2c3c1O[C@H]1c4ncc(Br)cc4C[C@@]4(O)C(C2)N(CC2CC2)CC[C@]314. The molecule has 150 valence electrons. The van der Waals surface area contributed by atoms with Crippen LogP contribution in [0.3, 0.4) is 0 Å². The van der Waals surface area contributed by atoms with E-state index < -0.39 is 11.0 Å². The molecule has 1 aromatic carbocycles. The number of ether oxygens (including phenoxy) is 1. The van der Waals surface area contributed by atoms with E-state index in [0.29, 0.717) is 12.2 Å². The van der Waals surface area contributed by atoms with E-state index in [2.05, 4.69) is 26.9 Å². The van der Waals surface area contributed by atoms with Crippen LogP contribution in [0.5, 0.6) is 11.5 Å². The van der Waals surface area contributed by atoms with Crippen LogP contribution in [0.4, 0.5) is 0 Å². The van der Waals surface area contributed by atoms with Crippen molar-refractivity contribution in [2.45, 2.75) is 55.3 Å². The average Bonchev–Trinajstić information content (AvgIpc) is 3.42. The monoisotopic (exact) mass is 454 g/mol. The Kier molecular flexibility index (Phi) is 3.15. The summed E-state index contributed by atoms with van der Waals surface area (Å²) < 4.78 is 7.39. The molecule has 0 amide bonds. The van der Waals surface area contributed by atoms with Crippen LogP contribution < -0.4 is 4.74 Å². The standard InChI is InChI=1S/C23H23BrN2O3/c24-15-7-14-9-23(28)17-8-13-3-4-16(27)20-18(13)22(23,21(29-20)19(14)25-10-15)5-6-26(17)11-12-1-2-12/h3-4,7,10,12,17,21,27-28H,1-2,5-6,8-9,11H2/t17?,21-,22-,23+/m0/s1. The summed E-state index contributed by atoms with van der Waals surface area (Å²) in [5.74, 6) is 1.52. The number of aliphatic hydroxyl groups is 1. The van der Waals surface area contributed by atoms with Crippen molar-refractivity contribution in [3.8, 4) is 11.5 Å². The van der Waals surface area contributed by atoms with Gasteiger partial charge in [0, 0.05) is 35.2 Å². The number of likely N-dealkylation sites (tertiary alicyclic amines) is 1. The van der Waals surface area contributed by atoms with Gasteiger partial charge in [-0.2, -0.15) is 0 Å². The van der Waals surface area contributed by atoms with E-state index in [-0.39, 0.29) is 17.9 Å². The van der Waals surface area contributed by atoms with E-state index in [1.165, 1.54) is 18.4 Å². The fraction of sp³-hybridized carbons (Fsp3) is 0.522. The lowest BCUT2D eigenvalue weighted by Gasteiger charge is -2.62. The Labute approximate surface area is 177 Å². The number of hydrogen-bond donors (Lipinski definition) is 2. The minimum Gasteiger partial charge on any atom is -0.504 e. The summed E-state index contributed by atoms with van der Waals surface area (Å²) in [7, 11) is 0. The molecule has 7 rings (SSSR count). The highest BCUT2D eigenvalue weighted by atomic mass is 79.9. The van der Waals surface area contributed by atoms with Crippen molar-refractivity contribution >= 4 is 15.9 Å². The van der Waals surface area contributed by atoms with Gasteiger partial charge >= 0.3 is 0 Å². The van der Waals surface area contributed by atoms with E-state index in [1.807, 2.05) is 12.3 Å². The van der Waals surface area contributed by atoms with Crippen LogP contribution >= 0.6 is 15.9 Å². The lowest BCUT2D eigenvalue weighted by atomic mass is 9.49. The zero-order chi connectivity index (χ0) is 19.5. The predicted molar refractivity (Wildman–Crippen MR) is 110 cm³/mol. The van der Waals surface area contributed by atoms with Crippen LogP contribution in [0.15, 0.2) is 28.9 Å². The third kappa shape index (κ3) is 1.96. The van der Waals surface area contributed by atoms with Crippen molar-refractivity contribution in [3.05, 3.63) is 51.3 Å². The largest absolute Gasteiger partial charge is 0.504 e. The van der Waals surface area contributed by atoms with Crippen LogP contribution in [0.2, 0.25) is 0 Å². The number of pyridine rings is 1. The molecule has 3 heterocycles. The molecule has 2 bridgehead atoms. The summed E-state index contributed by atoms with van der Waals surface area (Å²) >= 11 is 3.55. The molecule has 2 aromatic rings. The highest BCUT2D eigenvalue weighted by Crippen LogP contribution is 2.68. The van der Waals surface area contributed by atoms with Gasteiger partial charge in [0.2, 0.25) is 0 Å². The third-order valence-electron chi connectivity index (χ3n) is 8.19. The Morgan fingerprint density at radius 3 is 2.97 bits per heavy atom. The molecule has 1 unspecified atom stereocenters. The molecule has 4 atom stereocenters. The Morgan fingerprint density at radius 1 is 1.28 bits per heavy atom. The van der Waals surface area contributed by atoms with Crippen LogP contribution in [0.25, 0.3) is 0 Å². The number of benzene rings is 1. The number of nitrogens with zero attached hydrogens (tertiary/aromatic N) is 2. The molecule has 2 N–H and O–H groups in total. The zero-order valence-corrected chi connectivity index (χ0v) is 17.7. The number of piperidine rings is 1. The lowest BCUT2D eigenvalue weighted by molar-refractivity contribution is -0.173. The van der Waals surface area contributed by atoms with Crippen molar-refractivity contribution in [1.82, 2.24) is 9.88 Å². The van der Waals surface area contributed by atoms with E-state index >= 15 is 0 Å². The Balaban J connectivity index is 1.50. The number of aromatic nitrogens is 1. The van der Waals surface area contributed by atoms with Gasteiger partial charge < -0.3 is 14.9 Å². The van der Waals surface area contributed by atoms with Gasteiger partial charge in [0.05, 0.1) is 16.7 Å². The van der Waals surface area contributed by atoms with Crippen LogP contribution in [-0.2, 0) is 18.3 Å². The second kappa shape index (κ2) is 5.34. The second-order valence-corrected chi connectivity index (χ2v) is 10.5. The first-order valence-corrected chi connectivity index (χ1v) is 11.4. The molecule has 6 heteroatoms. The number of rotatable bonds is 2. The summed E-state index contributed by atoms with van der Waals surface area (Å²) in [6, 6.07) is 5.94. The third-order valence-corrected chi connectivity index (χ3v) is 8.62. The van der Waals surface area contributed by atoms with E-state index in [9.17, 15) is 10.2 Å². The van der Waals surface area contributed by atoms with Crippen LogP contribution in [0.1, 0.15) is 47.8 Å². The molecular formula is C23H23BrN2O3. The molecule has 3 aliphatic carbocycles. The van der Waals surface area contributed by atoms with Gasteiger partial charge in [-0.25, -0.2) is 0 Å². The van der Waals surface area contributed by atoms with Crippen molar-refractivity contribution < 1.29 is 14.9 Å². The van der Waals surface area contributed by atoms with Crippen LogP contribution in [-0.4, -0.2) is 44.8 Å². The second-order valence-electron chi connectivity index (χ2n) is 9.62. The van der Waals surface area contributed by atoms with Crippen molar-refractivity contribution in [1.29, 1.82) is 0 Å². The van der Waals surface area contributed by atoms with Gasteiger partial charge in [0.15, 0.2) is 17.6 Å². The first-order chi connectivity index (χ1) is 14.0. The average molecular weight is 455 g/mol. The molecule has 0 radical (unpaired) electrons. The summed E-state index contributed by atoms with van der Waals surface area (Å²) in [6.07, 6.45) is 6.31. The number of phenols is 1. The maximum absolute atomic E-state index is 12.5. The molecular weight excluding hydrogens is 432 g/mol. The fourth-order valence-corrected chi connectivity index (χ4v) is 7.19. The highest BCUT2D eigenvalue weighted by molar-refractivity contribution is 9.10. The number of hydrogen-bond acceptors (Lipinski definition) is 5. The highest BCUT2D eigenvalue weighted by Gasteiger charge is 2.72. The van der Waals surface area contributed by atoms with E-state index in [0.717, 1.165) is 53.1 Å². The molecule has 29 heavy (non-hydrogen) atoms. The maximum Gasteiger partial charge on any atom is 0.166 e. The van der Waals surface area contributed by atoms with Gasteiger partial charge in [-0.3, -0.25) is 9.88 Å². The topological polar surface area (TPSA) is 65.8 Å². The molecule has 1 saturated carbocycles. The Hall–Kier alpha value is -1.63. The summed E-state index contributed by atoms with van der Waals surface area (Å²) in [6.45, 7) is 2.04. The minimum absolute atomic E-state index is 0.0677. The molecule has 2 fully saturated rings. The number of halogens is 1. The van der Waals surface area contributed by atoms with Crippen molar-refractivity contribution in [2.75, 3.05) is 13.1 Å². The van der Waals surface area contributed by atoms with E-state index in [1.54, 1.807) is 6.07 Å². The number of phenolic OH excluding ortho intramolecular Hbond substituents is 1. The Morgan fingerprint density at radius 2 is 2.14 bits per heavy atom. The molecule has 5 nitrogen and oxygen atoms in total. The van der Waals surface area contributed by atoms with Gasteiger partial charge in [-0.05, 0) is 77.3 Å². The molecule has 5 aliphatic rings. The van der Waals surface area contributed by atoms with E-state index in [4.69, 9.17) is 9.72 Å². The molecule has 1 spiro atoms. The first kappa shape index (κ1) is 17.1. The summed E-state index contributed by atoms with van der Waals surface area (Å²) in [4.78, 5) is 7.28. The van der Waals surface area contributed by atoms with Crippen molar-refractivity contribution in [3.63, 3.8) is 0 Å². The Bertz CT molecular complexity index is 1070. The predicted octanol–water partition coefficient (Wildman–Crippen LogP) is 3.25. The fourth-order valence-electron chi connectivity index (χ4n) is 6.81. The van der Waals surface area contributed by atoms with Gasteiger partial charge in [-0.15, -0.1) is 0 Å². The van der Waals surface area contributed by atoms with Crippen LogP contribution in [0, 0.1) is 5.92 Å². The number of aromatic hydroxyl groups is 1. The minimum atomic E-state index is -0.924. The normalized spacial score (nSPS) is 36.3. The molecule has 2 aliphatic heterocycles. The van der Waals surface area contributed by atoms with Gasteiger partial charge in [0.25, 0.3) is 0 Å². The van der Waals surface area contributed by atoms with Crippen molar-refractivity contribution in [2.24, 2.45) is 5.92 Å². The lowest BCUT2D eigenvalue weighted by Crippen LogP contribution is -2.74. The van der Waals surface area contributed by atoms with Gasteiger partial charge in [-0.1, -0.05) is 6.07 Å².